The highest BCUT2D eigenvalue weighted by molar-refractivity contribution is 7.58. The van der Waals surface area contributed by atoms with E-state index in [1.165, 1.54) is 6.42 Å². The smallest absolute Gasteiger partial charge is 0.307 e. The lowest BCUT2D eigenvalue weighted by atomic mass is 9.87. The molecule has 1 aliphatic rings. The number of rotatable bonds is 11. The van der Waals surface area contributed by atoms with Crippen LogP contribution in [0.1, 0.15) is 65.2 Å². The molecule has 1 rings (SSSR count). The lowest BCUT2D eigenvalue weighted by Gasteiger charge is -2.31. The van der Waals surface area contributed by atoms with Gasteiger partial charge < -0.3 is 21.1 Å². The van der Waals surface area contributed by atoms with Gasteiger partial charge in [0.1, 0.15) is 5.78 Å². The predicted molar refractivity (Wildman–Crippen MR) is 102 cm³/mol. The minimum atomic E-state index is -3.86. The molecule has 7 nitrogen and oxygen atoms in total. The lowest BCUT2D eigenvalue weighted by Crippen LogP contribution is -2.39. The largest absolute Gasteiger partial charge is 0.481 e. The Hall–Kier alpha value is -0.910. The van der Waals surface area contributed by atoms with Crippen molar-refractivity contribution in [1.29, 1.82) is 0 Å². The Kier molecular flexibility index (Phi) is 9.83. The van der Waals surface area contributed by atoms with Gasteiger partial charge >= 0.3 is 5.97 Å². The van der Waals surface area contributed by atoms with E-state index in [9.17, 15) is 24.2 Å². The molecule has 3 atom stereocenters. The van der Waals surface area contributed by atoms with Crippen LogP contribution in [-0.2, 0) is 14.2 Å². The summed E-state index contributed by atoms with van der Waals surface area (Å²) < 4.78 is 13.1. The third kappa shape index (κ3) is 7.77. The van der Waals surface area contributed by atoms with Crippen molar-refractivity contribution in [3.63, 3.8) is 0 Å². The van der Waals surface area contributed by atoms with E-state index in [4.69, 9.17) is 5.73 Å². The number of hydrogen-bond acceptors (Lipinski definition) is 4. The highest BCUT2D eigenvalue weighted by Gasteiger charge is 2.39. The van der Waals surface area contributed by atoms with Crippen molar-refractivity contribution in [3.05, 3.63) is 0 Å². The maximum Gasteiger partial charge on any atom is 0.307 e. The van der Waals surface area contributed by atoms with Crippen molar-refractivity contribution in [2.75, 3.05) is 12.7 Å². The first-order chi connectivity index (χ1) is 12.2. The summed E-state index contributed by atoms with van der Waals surface area (Å²) in [5, 5.41) is 12.1. The molecule has 0 aliphatic heterocycles. The van der Waals surface area contributed by atoms with Crippen LogP contribution in [0.4, 0.5) is 0 Å². The van der Waals surface area contributed by atoms with E-state index in [2.05, 4.69) is 5.32 Å². The Bertz CT molecular complexity index is 506. The van der Waals surface area contributed by atoms with Gasteiger partial charge in [0, 0.05) is 12.6 Å². The summed E-state index contributed by atoms with van der Waals surface area (Å²) in [5.41, 5.74) is 5.43. The summed E-state index contributed by atoms with van der Waals surface area (Å²) in [4.78, 5) is 34.3. The van der Waals surface area contributed by atoms with Gasteiger partial charge in [-0.3, -0.25) is 14.2 Å². The van der Waals surface area contributed by atoms with Crippen LogP contribution in [0.3, 0.4) is 0 Å². The van der Waals surface area contributed by atoms with Gasteiger partial charge in [0.25, 0.3) is 0 Å². The fourth-order valence-corrected chi connectivity index (χ4v) is 5.94. The molecule has 3 unspecified atom stereocenters. The van der Waals surface area contributed by atoms with E-state index in [1.54, 1.807) is 13.8 Å². The third-order valence-corrected chi connectivity index (χ3v) is 7.51. The predicted octanol–water partition coefficient (Wildman–Crippen LogP) is 2.77. The van der Waals surface area contributed by atoms with Gasteiger partial charge in [-0.2, -0.15) is 0 Å². The van der Waals surface area contributed by atoms with Crippen LogP contribution in [0, 0.1) is 17.8 Å². The summed E-state index contributed by atoms with van der Waals surface area (Å²) >= 11 is 0. The first-order valence-corrected chi connectivity index (χ1v) is 11.6. The van der Waals surface area contributed by atoms with Gasteiger partial charge in [-0.1, -0.05) is 46.0 Å². The summed E-state index contributed by atoms with van der Waals surface area (Å²) in [7, 11) is -3.86. The van der Waals surface area contributed by atoms with Crippen LogP contribution in [-0.4, -0.2) is 40.4 Å². The fourth-order valence-electron chi connectivity index (χ4n) is 3.57. The zero-order valence-corrected chi connectivity index (χ0v) is 16.9. The van der Waals surface area contributed by atoms with Crippen molar-refractivity contribution in [2.45, 2.75) is 71.0 Å². The van der Waals surface area contributed by atoms with Crippen LogP contribution in [0.25, 0.3) is 0 Å². The first-order valence-electron chi connectivity index (χ1n) is 9.71. The maximum absolute atomic E-state index is 13.1. The molecule has 1 saturated carbocycles. The number of carboxylic acids is 1. The van der Waals surface area contributed by atoms with Crippen molar-refractivity contribution in [2.24, 2.45) is 23.5 Å². The molecule has 152 valence electrons. The van der Waals surface area contributed by atoms with Crippen molar-refractivity contribution < 1.29 is 24.2 Å². The molecule has 0 radical (unpaired) electrons. The van der Waals surface area contributed by atoms with Gasteiger partial charge in [-0.05, 0) is 31.2 Å². The zero-order valence-electron chi connectivity index (χ0n) is 16.0. The maximum atomic E-state index is 13.1. The topological polar surface area (TPSA) is 130 Å². The van der Waals surface area contributed by atoms with Crippen LogP contribution in [0.2, 0.25) is 0 Å². The molecule has 0 heterocycles. The van der Waals surface area contributed by atoms with Crippen LogP contribution >= 0.6 is 7.37 Å². The summed E-state index contributed by atoms with van der Waals surface area (Å²) in [6.07, 6.45) is 6.20. The van der Waals surface area contributed by atoms with Crippen molar-refractivity contribution in [1.82, 2.24) is 5.32 Å². The number of hydrogen-bond donors (Lipinski definition) is 4. The van der Waals surface area contributed by atoms with Crippen LogP contribution in [0.5, 0.6) is 0 Å². The summed E-state index contributed by atoms with van der Waals surface area (Å²) in [5.74, 6) is -3.10. The Balaban J connectivity index is 2.89. The van der Waals surface area contributed by atoms with E-state index < -0.39 is 25.0 Å². The Morgan fingerprint density at radius 2 is 1.85 bits per heavy atom. The molecular weight excluding hydrogens is 355 g/mol. The van der Waals surface area contributed by atoms with Gasteiger partial charge in [0.2, 0.25) is 13.3 Å². The van der Waals surface area contributed by atoms with E-state index in [1.807, 2.05) is 0 Å². The molecule has 5 N–H and O–H groups in total. The molecule has 1 amide bonds. The zero-order chi connectivity index (χ0) is 19.7. The molecule has 0 aromatic carbocycles. The van der Waals surface area contributed by atoms with E-state index in [0.29, 0.717) is 25.3 Å². The lowest BCUT2D eigenvalue weighted by molar-refractivity contribution is -0.142. The molecule has 0 aromatic heterocycles. The van der Waals surface area contributed by atoms with Gasteiger partial charge in [0.05, 0.1) is 5.92 Å². The number of carboxylic acid groups (broad SMARTS) is 1. The highest BCUT2D eigenvalue weighted by atomic mass is 31.2. The standard InChI is InChI=1S/C18H35N2O5P/c1-13(2)15(18(22)23)12-26(24,25)17(20-16(21)9-6-10-19)11-14-7-4-3-5-8-14/h13-15,17H,3-12,19H2,1-2H3,(H,20,21)(H,22,23)(H,24,25). The molecular formula is C18H35N2O5P. The number of nitrogens with two attached hydrogens (primary N) is 1. The number of nitrogens with one attached hydrogen (secondary N) is 1. The monoisotopic (exact) mass is 390 g/mol. The quantitative estimate of drug-likeness (QED) is 0.401. The normalized spacial score (nSPS) is 20.3. The number of aliphatic carboxylic acids is 1. The van der Waals surface area contributed by atoms with Crippen LogP contribution < -0.4 is 11.1 Å². The fraction of sp³-hybridized carbons (Fsp3) is 0.889. The highest BCUT2D eigenvalue weighted by Crippen LogP contribution is 2.51. The number of carbonyl (C=O) groups excluding carboxylic acids is 1. The third-order valence-electron chi connectivity index (χ3n) is 5.28. The molecule has 1 fully saturated rings. The Morgan fingerprint density at radius 3 is 2.35 bits per heavy atom. The second-order valence-corrected chi connectivity index (χ2v) is 10.3. The van der Waals surface area contributed by atoms with Crippen molar-refractivity contribution >= 4 is 19.2 Å². The van der Waals surface area contributed by atoms with E-state index in [0.717, 1.165) is 25.7 Å². The number of amides is 1. The minimum Gasteiger partial charge on any atom is -0.481 e. The molecule has 0 saturated heterocycles. The second kappa shape index (κ2) is 11.1. The van der Waals surface area contributed by atoms with Gasteiger partial charge in [-0.25, -0.2) is 0 Å². The Morgan fingerprint density at radius 1 is 1.23 bits per heavy atom. The summed E-state index contributed by atoms with van der Waals surface area (Å²) in [6.45, 7) is 3.84. The Labute approximate surface area is 156 Å². The average Bonchev–Trinajstić information content (AvgIpc) is 2.57. The molecule has 8 heteroatoms. The van der Waals surface area contributed by atoms with Gasteiger partial charge in [-0.15, -0.1) is 0 Å². The molecule has 1 aliphatic carbocycles. The molecule has 26 heavy (non-hydrogen) atoms. The van der Waals surface area contributed by atoms with Gasteiger partial charge in [0.15, 0.2) is 0 Å². The number of carbonyl (C=O) groups is 2. The minimum absolute atomic E-state index is 0.213. The molecule has 0 spiro atoms. The molecule has 0 aromatic rings. The summed E-state index contributed by atoms with van der Waals surface area (Å²) in [6, 6.07) is 0. The van der Waals surface area contributed by atoms with Crippen LogP contribution in [0.15, 0.2) is 0 Å². The first kappa shape index (κ1) is 23.1. The van der Waals surface area contributed by atoms with E-state index in [-0.39, 0.29) is 24.4 Å². The second-order valence-electron chi connectivity index (χ2n) is 7.84. The van der Waals surface area contributed by atoms with Crippen molar-refractivity contribution in [3.8, 4) is 0 Å². The average molecular weight is 390 g/mol. The van der Waals surface area contributed by atoms with E-state index >= 15 is 0 Å². The molecule has 0 bridgehead atoms. The SMILES string of the molecule is CC(C)C(CP(=O)(O)C(CC1CCCCC1)NC(=O)CCCN)C(=O)O.